The highest BCUT2D eigenvalue weighted by atomic mass is 35.5. The fraction of sp³-hybridized carbons (Fsp3) is 0.500. The first kappa shape index (κ1) is 11.3. The van der Waals surface area contributed by atoms with Crippen molar-refractivity contribution in [2.24, 2.45) is 7.05 Å². The van der Waals surface area contributed by atoms with Crippen LogP contribution >= 0.6 is 12.4 Å². The average Bonchev–Trinajstić information content (AvgIpc) is 2.59. The molecule has 1 N–H and O–H groups in total. The summed E-state index contributed by atoms with van der Waals surface area (Å²) in [4.78, 5) is 11.8. The summed E-state index contributed by atoms with van der Waals surface area (Å²) < 4.78 is 1.74. The molecule has 1 aliphatic heterocycles. The van der Waals surface area contributed by atoms with Gasteiger partial charge < -0.3 is 9.88 Å². The number of pyridine rings is 1. The molecule has 1 aromatic heterocycles. The molecule has 4 heteroatoms. The number of hydrogen-bond donors (Lipinski definition) is 1. The monoisotopic (exact) mass is 214 g/mol. The summed E-state index contributed by atoms with van der Waals surface area (Å²) in [7, 11) is 1.84. The minimum atomic E-state index is 0. The Hall–Kier alpha value is -0.800. The quantitative estimate of drug-likeness (QED) is 0.700. The molecule has 0 bridgehead atoms. The third kappa shape index (κ3) is 1.37. The van der Waals surface area contributed by atoms with Crippen LogP contribution in [-0.2, 0) is 20.1 Å². The molecule has 0 atom stereocenters. The molecule has 2 heterocycles. The van der Waals surface area contributed by atoms with Crippen molar-refractivity contribution in [2.45, 2.75) is 26.9 Å². The zero-order chi connectivity index (χ0) is 9.59. The average molecular weight is 215 g/mol. The molecule has 0 amide bonds. The highest BCUT2D eigenvalue weighted by molar-refractivity contribution is 5.85. The predicted molar refractivity (Wildman–Crippen MR) is 58.9 cm³/mol. The van der Waals surface area contributed by atoms with Gasteiger partial charge in [-0.25, -0.2) is 0 Å². The minimum absolute atomic E-state index is 0. The molecule has 1 aromatic rings. The van der Waals surface area contributed by atoms with Crippen LogP contribution in [0.2, 0.25) is 0 Å². The van der Waals surface area contributed by atoms with E-state index in [1.807, 2.05) is 14.0 Å². The van der Waals surface area contributed by atoms with E-state index < -0.39 is 0 Å². The largest absolute Gasteiger partial charge is 0.315 e. The Morgan fingerprint density at radius 3 is 2.43 bits per heavy atom. The van der Waals surface area contributed by atoms with Gasteiger partial charge in [-0.1, -0.05) is 0 Å². The lowest BCUT2D eigenvalue weighted by atomic mass is 10.0. The lowest BCUT2D eigenvalue weighted by Crippen LogP contribution is -2.24. The molecule has 0 aliphatic carbocycles. The Labute approximate surface area is 89.5 Å². The Kier molecular flexibility index (Phi) is 3.02. The molecule has 1 aliphatic rings. The Balaban J connectivity index is 0.000000980. The highest BCUT2D eigenvalue weighted by Gasteiger charge is 2.18. The summed E-state index contributed by atoms with van der Waals surface area (Å²) in [5.74, 6) is 0. The van der Waals surface area contributed by atoms with Crippen LogP contribution < -0.4 is 10.9 Å². The number of rotatable bonds is 0. The van der Waals surface area contributed by atoms with E-state index in [1.165, 1.54) is 11.1 Å². The van der Waals surface area contributed by atoms with Crippen molar-refractivity contribution in [3.05, 3.63) is 32.7 Å². The smallest absolute Gasteiger partial charge is 0.255 e. The maximum atomic E-state index is 11.8. The van der Waals surface area contributed by atoms with Gasteiger partial charge in [0.2, 0.25) is 0 Å². The molecule has 0 fully saturated rings. The zero-order valence-corrected chi connectivity index (χ0v) is 9.49. The molecule has 0 spiro atoms. The van der Waals surface area contributed by atoms with Crippen LogP contribution in [0.5, 0.6) is 0 Å². The highest BCUT2D eigenvalue weighted by Crippen LogP contribution is 2.18. The first-order chi connectivity index (χ1) is 6.13. The van der Waals surface area contributed by atoms with Crippen molar-refractivity contribution in [2.75, 3.05) is 0 Å². The Morgan fingerprint density at radius 1 is 1.21 bits per heavy atom. The first-order valence-electron chi connectivity index (χ1n) is 4.51. The first-order valence-corrected chi connectivity index (χ1v) is 4.51. The molecule has 3 nitrogen and oxygen atoms in total. The van der Waals surface area contributed by atoms with Gasteiger partial charge in [-0.3, -0.25) is 4.79 Å². The van der Waals surface area contributed by atoms with E-state index in [9.17, 15) is 4.79 Å². The standard InChI is InChI=1S/C10H14N2O.ClH/c1-6-7(2)12(3)10(13)9-5-11-4-8(6)9;/h11H,4-5H2,1-3H3;1H. The third-order valence-corrected chi connectivity index (χ3v) is 3.03. The van der Waals surface area contributed by atoms with Crippen molar-refractivity contribution in [1.82, 2.24) is 9.88 Å². The molecular formula is C10H15ClN2O. The maximum absolute atomic E-state index is 11.8. The van der Waals surface area contributed by atoms with E-state index in [4.69, 9.17) is 0 Å². The Morgan fingerprint density at radius 2 is 1.79 bits per heavy atom. The molecule has 78 valence electrons. The summed E-state index contributed by atoms with van der Waals surface area (Å²) in [6, 6.07) is 0. The van der Waals surface area contributed by atoms with Gasteiger partial charge in [-0.2, -0.15) is 0 Å². The topological polar surface area (TPSA) is 34.0 Å². The minimum Gasteiger partial charge on any atom is -0.315 e. The number of fused-ring (bicyclic) bond motifs is 1. The van der Waals surface area contributed by atoms with Crippen LogP contribution in [0.4, 0.5) is 0 Å². The summed E-state index contributed by atoms with van der Waals surface area (Å²) in [6.07, 6.45) is 0. The van der Waals surface area contributed by atoms with Gasteiger partial charge in [-0.05, 0) is 25.0 Å². The third-order valence-electron chi connectivity index (χ3n) is 3.03. The van der Waals surface area contributed by atoms with E-state index in [-0.39, 0.29) is 18.0 Å². The van der Waals surface area contributed by atoms with Crippen LogP contribution in [0, 0.1) is 13.8 Å². The van der Waals surface area contributed by atoms with Crippen molar-refractivity contribution < 1.29 is 0 Å². The van der Waals surface area contributed by atoms with Crippen molar-refractivity contribution in [1.29, 1.82) is 0 Å². The van der Waals surface area contributed by atoms with Gasteiger partial charge in [0.1, 0.15) is 0 Å². The second-order valence-corrected chi connectivity index (χ2v) is 3.64. The van der Waals surface area contributed by atoms with Gasteiger partial charge in [-0.15, -0.1) is 12.4 Å². The van der Waals surface area contributed by atoms with Gasteiger partial charge in [0.05, 0.1) is 0 Å². The predicted octanol–water partition coefficient (Wildman–Crippen LogP) is 1.03. The fourth-order valence-electron chi connectivity index (χ4n) is 1.91. The van der Waals surface area contributed by atoms with Crippen LogP contribution in [0.25, 0.3) is 0 Å². The lowest BCUT2D eigenvalue weighted by molar-refractivity contribution is 0.755. The van der Waals surface area contributed by atoms with E-state index in [2.05, 4.69) is 12.2 Å². The van der Waals surface area contributed by atoms with Crippen LogP contribution in [0.1, 0.15) is 22.4 Å². The number of aromatic nitrogens is 1. The van der Waals surface area contributed by atoms with Gasteiger partial charge in [0.25, 0.3) is 5.56 Å². The van der Waals surface area contributed by atoms with E-state index in [1.54, 1.807) is 4.57 Å². The van der Waals surface area contributed by atoms with Crippen LogP contribution in [-0.4, -0.2) is 4.57 Å². The second-order valence-electron chi connectivity index (χ2n) is 3.64. The van der Waals surface area contributed by atoms with Gasteiger partial charge >= 0.3 is 0 Å². The molecule has 2 rings (SSSR count). The Bertz CT molecular complexity index is 423. The van der Waals surface area contributed by atoms with Crippen molar-refractivity contribution >= 4 is 12.4 Å². The zero-order valence-electron chi connectivity index (χ0n) is 8.68. The molecule has 0 aromatic carbocycles. The number of halogens is 1. The normalized spacial score (nSPS) is 13.6. The van der Waals surface area contributed by atoms with Crippen LogP contribution in [0.3, 0.4) is 0 Å². The number of hydrogen-bond acceptors (Lipinski definition) is 2. The van der Waals surface area contributed by atoms with E-state index in [0.717, 1.165) is 24.3 Å². The second kappa shape index (κ2) is 3.75. The molecule has 0 unspecified atom stereocenters. The lowest BCUT2D eigenvalue weighted by Gasteiger charge is -2.11. The van der Waals surface area contributed by atoms with Gasteiger partial charge in [0.15, 0.2) is 0 Å². The molecule has 14 heavy (non-hydrogen) atoms. The maximum Gasteiger partial charge on any atom is 0.255 e. The van der Waals surface area contributed by atoms with Crippen molar-refractivity contribution in [3.8, 4) is 0 Å². The molecule has 0 saturated heterocycles. The summed E-state index contributed by atoms with van der Waals surface area (Å²) in [5.41, 5.74) is 4.64. The van der Waals surface area contributed by atoms with Crippen LogP contribution in [0.15, 0.2) is 4.79 Å². The summed E-state index contributed by atoms with van der Waals surface area (Å²) in [5, 5.41) is 3.21. The number of nitrogens with one attached hydrogen (secondary N) is 1. The molecular weight excluding hydrogens is 200 g/mol. The summed E-state index contributed by atoms with van der Waals surface area (Å²) in [6.45, 7) is 5.65. The molecule has 0 saturated carbocycles. The van der Waals surface area contributed by atoms with E-state index >= 15 is 0 Å². The number of nitrogens with zero attached hydrogens (tertiary/aromatic N) is 1. The van der Waals surface area contributed by atoms with Crippen molar-refractivity contribution in [3.63, 3.8) is 0 Å². The van der Waals surface area contributed by atoms with E-state index in [0.29, 0.717) is 0 Å². The fourth-order valence-corrected chi connectivity index (χ4v) is 1.91. The van der Waals surface area contributed by atoms with Gasteiger partial charge in [0, 0.05) is 31.4 Å². The summed E-state index contributed by atoms with van der Waals surface area (Å²) >= 11 is 0. The molecule has 0 radical (unpaired) electrons. The SMILES string of the molecule is Cc1c2c(c(=O)n(C)c1C)CNC2.Cl.